The van der Waals surface area contributed by atoms with Gasteiger partial charge in [-0.2, -0.15) is 0 Å². The average molecular weight is 412 g/mol. The number of hydrogen-bond acceptors (Lipinski definition) is 5. The van der Waals surface area contributed by atoms with E-state index in [2.05, 4.69) is 5.32 Å². The number of amides is 1. The molecule has 0 aliphatic carbocycles. The molecule has 0 atom stereocenters. The van der Waals surface area contributed by atoms with Crippen molar-refractivity contribution < 1.29 is 14.3 Å². The van der Waals surface area contributed by atoms with Crippen LogP contribution in [-0.4, -0.2) is 19.0 Å². The Morgan fingerprint density at radius 3 is 2.40 bits per heavy atom. The average Bonchev–Trinajstić information content (AvgIpc) is 3.18. The summed E-state index contributed by atoms with van der Waals surface area (Å²) in [5.74, 6) is -0.951. The zero-order chi connectivity index (χ0) is 18.0. The summed E-state index contributed by atoms with van der Waals surface area (Å²) >= 11 is 14.3. The maximum Gasteiger partial charge on any atom is 0.350 e. The minimum atomic E-state index is -0.517. The van der Waals surface area contributed by atoms with Crippen LogP contribution in [0.1, 0.15) is 20.0 Å². The van der Waals surface area contributed by atoms with E-state index in [0.717, 1.165) is 21.8 Å². The number of anilines is 1. The number of carbonyl (C=O) groups is 2. The zero-order valence-corrected chi connectivity index (χ0v) is 16.0. The molecule has 1 amide bonds. The third-order valence-electron chi connectivity index (χ3n) is 3.31. The van der Waals surface area contributed by atoms with E-state index in [1.54, 1.807) is 6.07 Å². The van der Waals surface area contributed by atoms with Crippen LogP contribution in [0.15, 0.2) is 42.5 Å². The standard InChI is InChI=1S/C17H11Cl2NO3S2/c1-23-17(22)14-11(8-12(24-14)9-5-3-2-4-6-9)20-16(21)10-7-13(18)25-15(10)19/h2-8H,1H3,(H,20,21). The molecule has 1 aromatic carbocycles. The van der Waals surface area contributed by atoms with Gasteiger partial charge < -0.3 is 10.1 Å². The molecule has 0 aliphatic heterocycles. The molecule has 0 radical (unpaired) electrons. The smallest absolute Gasteiger partial charge is 0.350 e. The first-order valence-corrected chi connectivity index (χ1v) is 9.42. The number of methoxy groups -OCH3 is 1. The molecule has 2 aromatic heterocycles. The van der Waals surface area contributed by atoms with Crippen molar-refractivity contribution in [1.29, 1.82) is 0 Å². The van der Waals surface area contributed by atoms with Crippen LogP contribution in [0.2, 0.25) is 8.67 Å². The fourth-order valence-electron chi connectivity index (χ4n) is 2.16. The van der Waals surface area contributed by atoms with Crippen LogP contribution in [0, 0.1) is 0 Å². The molecule has 0 fully saturated rings. The van der Waals surface area contributed by atoms with Gasteiger partial charge in [0.2, 0.25) is 0 Å². The third kappa shape index (κ3) is 3.88. The summed E-state index contributed by atoms with van der Waals surface area (Å²) in [5, 5.41) is 2.72. The van der Waals surface area contributed by atoms with E-state index >= 15 is 0 Å². The Kier molecular flexibility index (Phi) is 5.44. The van der Waals surface area contributed by atoms with Crippen molar-refractivity contribution >= 4 is 63.4 Å². The molecular formula is C17H11Cl2NO3S2. The molecule has 2 heterocycles. The van der Waals surface area contributed by atoms with Gasteiger partial charge in [0.1, 0.15) is 9.21 Å². The Labute approximate surface area is 162 Å². The summed E-state index contributed by atoms with van der Waals surface area (Å²) in [5.41, 5.74) is 1.58. The highest BCUT2D eigenvalue weighted by atomic mass is 35.5. The predicted molar refractivity (Wildman–Crippen MR) is 103 cm³/mol. The van der Waals surface area contributed by atoms with Crippen molar-refractivity contribution in [3.8, 4) is 10.4 Å². The highest BCUT2D eigenvalue weighted by Gasteiger charge is 2.21. The van der Waals surface area contributed by atoms with E-state index in [0.29, 0.717) is 19.2 Å². The van der Waals surface area contributed by atoms with Gasteiger partial charge in [-0.05, 0) is 17.7 Å². The van der Waals surface area contributed by atoms with E-state index in [1.807, 2.05) is 30.3 Å². The number of carbonyl (C=O) groups excluding carboxylic acids is 2. The summed E-state index contributed by atoms with van der Waals surface area (Å²) in [6, 6.07) is 12.8. The van der Waals surface area contributed by atoms with Crippen LogP contribution < -0.4 is 5.32 Å². The second kappa shape index (κ2) is 7.58. The largest absolute Gasteiger partial charge is 0.465 e. The summed E-state index contributed by atoms with van der Waals surface area (Å²) in [7, 11) is 1.30. The fraction of sp³-hybridized carbons (Fsp3) is 0.0588. The van der Waals surface area contributed by atoms with Gasteiger partial charge in [-0.15, -0.1) is 22.7 Å². The van der Waals surface area contributed by atoms with Gasteiger partial charge in [-0.3, -0.25) is 4.79 Å². The minimum absolute atomic E-state index is 0.264. The molecule has 0 spiro atoms. The Morgan fingerprint density at radius 1 is 1.08 bits per heavy atom. The number of thiophene rings is 2. The highest BCUT2D eigenvalue weighted by molar-refractivity contribution is 7.20. The van der Waals surface area contributed by atoms with Gasteiger partial charge in [0.15, 0.2) is 0 Å². The molecule has 0 aliphatic rings. The molecule has 1 N–H and O–H groups in total. The molecule has 0 unspecified atom stereocenters. The minimum Gasteiger partial charge on any atom is -0.465 e. The SMILES string of the molecule is COC(=O)c1sc(-c2ccccc2)cc1NC(=O)c1cc(Cl)sc1Cl. The number of hydrogen-bond donors (Lipinski definition) is 1. The lowest BCUT2D eigenvalue weighted by molar-refractivity contribution is 0.0607. The van der Waals surface area contributed by atoms with E-state index in [-0.39, 0.29) is 5.56 Å². The number of nitrogens with one attached hydrogen (secondary N) is 1. The molecule has 4 nitrogen and oxygen atoms in total. The highest BCUT2D eigenvalue weighted by Crippen LogP contribution is 2.36. The van der Waals surface area contributed by atoms with Crippen molar-refractivity contribution in [1.82, 2.24) is 0 Å². The molecular weight excluding hydrogens is 401 g/mol. The van der Waals surface area contributed by atoms with Crippen molar-refractivity contribution in [3.05, 3.63) is 61.6 Å². The number of esters is 1. The molecule has 25 heavy (non-hydrogen) atoms. The second-order valence-electron chi connectivity index (χ2n) is 4.90. The quantitative estimate of drug-likeness (QED) is 0.549. The molecule has 3 rings (SSSR count). The van der Waals surface area contributed by atoms with Crippen LogP contribution in [0.4, 0.5) is 5.69 Å². The van der Waals surface area contributed by atoms with Crippen LogP contribution >= 0.6 is 45.9 Å². The topological polar surface area (TPSA) is 55.4 Å². The summed E-state index contributed by atoms with van der Waals surface area (Å²) < 4.78 is 5.52. The Balaban J connectivity index is 1.97. The molecule has 0 saturated carbocycles. The fourth-order valence-corrected chi connectivity index (χ4v) is 4.65. The molecule has 8 heteroatoms. The summed E-state index contributed by atoms with van der Waals surface area (Å²) in [4.78, 5) is 25.7. The first-order chi connectivity index (χ1) is 12.0. The third-order valence-corrected chi connectivity index (χ3v) is 5.96. The first kappa shape index (κ1) is 17.9. The van der Waals surface area contributed by atoms with Crippen molar-refractivity contribution in [2.45, 2.75) is 0 Å². The Bertz CT molecular complexity index is 935. The number of rotatable bonds is 4. The van der Waals surface area contributed by atoms with Gasteiger partial charge >= 0.3 is 5.97 Å². The summed E-state index contributed by atoms with van der Waals surface area (Å²) in [6.07, 6.45) is 0. The van der Waals surface area contributed by atoms with Crippen molar-refractivity contribution in [2.24, 2.45) is 0 Å². The number of benzene rings is 1. The lowest BCUT2D eigenvalue weighted by Gasteiger charge is -2.04. The van der Waals surface area contributed by atoms with Crippen LogP contribution in [0.5, 0.6) is 0 Å². The van der Waals surface area contributed by atoms with Gasteiger partial charge in [-0.1, -0.05) is 53.5 Å². The van der Waals surface area contributed by atoms with Gasteiger partial charge in [0.05, 0.1) is 22.7 Å². The monoisotopic (exact) mass is 411 g/mol. The van der Waals surface area contributed by atoms with Gasteiger partial charge in [0.25, 0.3) is 5.91 Å². The Hall–Kier alpha value is -1.86. The van der Waals surface area contributed by atoms with Gasteiger partial charge in [-0.25, -0.2) is 4.79 Å². The van der Waals surface area contributed by atoms with Crippen molar-refractivity contribution in [3.63, 3.8) is 0 Å². The van der Waals surface area contributed by atoms with E-state index in [4.69, 9.17) is 27.9 Å². The maximum atomic E-state index is 12.5. The van der Waals surface area contributed by atoms with Gasteiger partial charge in [0, 0.05) is 4.88 Å². The predicted octanol–water partition coefficient (Wildman–Crippen LogP) is 5.82. The van der Waals surface area contributed by atoms with E-state index in [9.17, 15) is 9.59 Å². The molecule has 0 bridgehead atoms. The lowest BCUT2D eigenvalue weighted by Crippen LogP contribution is -2.13. The Morgan fingerprint density at radius 2 is 1.80 bits per heavy atom. The van der Waals surface area contributed by atoms with Crippen LogP contribution in [0.25, 0.3) is 10.4 Å². The maximum absolute atomic E-state index is 12.5. The van der Waals surface area contributed by atoms with E-state index in [1.165, 1.54) is 24.5 Å². The molecule has 128 valence electrons. The molecule has 3 aromatic rings. The number of halogens is 2. The van der Waals surface area contributed by atoms with Crippen LogP contribution in [-0.2, 0) is 4.74 Å². The second-order valence-corrected chi connectivity index (χ2v) is 8.24. The van der Waals surface area contributed by atoms with Crippen molar-refractivity contribution in [2.75, 3.05) is 12.4 Å². The number of ether oxygens (including phenoxy) is 1. The normalized spacial score (nSPS) is 10.5. The lowest BCUT2D eigenvalue weighted by atomic mass is 10.2. The summed E-state index contributed by atoms with van der Waals surface area (Å²) in [6.45, 7) is 0. The zero-order valence-electron chi connectivity index (χ0n) is 12.8. The van der Waals surface area contributed by atoms with Crippen LogP contribution in [0.3, 0.4) is 0 Å². The first-order valence-electron chi connectivity index (χ1n) is 7.03. The van der Waals surface area contributed by atoms with E-state index < -0.39 is 11.9 Å². The molecule has 0 saturated heterocycles.